The van der Waals surface area contributed by atoms with E-state index in [1.54, 1.807) is 31.4 Å². The predicted molar refractivity (Wildman–Crippen MR) is 97.6 cm³/mol. The number of nitriles is 1. The molecular formula is C19H20N2O5S. The number of nitrogens with zero attached hydrogens (tertiary/aromatic N) is 1. The van der Waals surface area contributed by atoms with Gasteiger partial charge in [0.2, 0.25) is 10.0 Å². The second kappa shape index (κ2) is 7.66. The van der Waals surface area contributed by atoms with E-state index in [9.17, 15) is 18.6 Å². The largest absolute Gasteiger partial charge is 0.497 e. The topological polar surface area (TPSA) is 120 Å². The summed E-state index contributed by atoms with van der Waals surface area (Å²) in [5.41, 5.74) is 1.14. The van der Waals surface area contributed by atoms with Crippen molar-refractivity contribution in [1.29, 1.82) is 5.26 Å². The molecule has 0 aromatic heterocycles. The normalized spacial score (nSPS) is 25.1. The molecule has 0 amide bonds. The smallest absolute Gasteiger partial charge is 0.240 e. The zero-order valence-electron chi connectivity index (χ0n) is 14.6. The number of methoxy groups -OCH3 is 1. The first kappa shape index (κ1) is 19.3. The molecule has 0 bridgehead atoms. The van der Waals surface area contributed by atoms with Gasteiger partial charge in [-0.3, -0.25) is 0 Å². The number of benzene rings is 2. The van der Waals surface area contributed by atoms with Crippen LogP contribution in [0.15, 0.2) is 53.4 Å². The summed E-state index contributed by atoms with van der Waals surface area (Å²) >= 11 is 0. The van der Waals surface area contributed by atoms with Crippen LogP contribution in [0.4, 0.5) is 0 Å². The Labute approximate surface area is 157 Å². The van der Waals surface area contributed by atoms with Gasteiger partial charge in [-0.2, -0.15) is 5.26 Å². The predicted octanol–water partition coefficient (Wildman–Crippen LogP) is 1.12. The molecule has 2 aromatic rings. The van der Waals surface area contributed by atoms with E-state index in [-0.39, 0.29) is 11.3 Å². The van der Waals surface area contributed by atoms with E-state index in [4.69, 9.17) is 10.00 Å². The lowest BCUT2D eigenvalue weighted by Crippen LogP contribution is -2.45. The highest BCUT2D eigenvalue weighted by atomic mass is 32.2. The number of aliphatic hydroxyl groups excluding tert-OH is 2. The number of aliphatic hydroxyl groups is 2. The first-order valence-electron chi connectivity index (χ1n) is 8.38. The van der Waals surface area contributed by atoms with Crippen molar-refractivity contribution in [2.45, 2.75) is 35.5 Å². The third kappa shape index (κ3) is 3.96. The molecule has 0 spiro atoms. The summed E-state index contributed by atoms with van der Waals surface area (Å²) in [6.45, 7) is 0. The Morgan fingerprint density at radius 2 is 1.74 bits per heavy atom. The van der Waals surface area contributed by atoms with Gasteiger partial charge in [0, 0.05) is 5.92 Å². The van der Waals surface area contributed by atoms with E-state index in [1.807, 2.05) is 6.07 Å². The van der Waals surface area contributed by atoms with Crippen molar-refractivity contribution in [3.63, 3.8) is 0 Å². The van der Waals surface area contributed by atoms with Crippen molar-refractivity contribution in [2.24, 2.45) is 0 Å². The van der Waals surface area contributed by atoms with E-state index >= 15 is 0 Å². The molecule has 0 radical (unpaired) electrons. The maximum atomic E-state index is 12.7. The van der Waals surface area contributed by atoms with Crippen LogP contribution in [0.5, 0.6) is 5.75 Å². The molecule has 3 N–H and O–H groups in total. The Morgan fingerprint density at radius 1 is 1.11 bits per heavy atom. The summed E-state index contributed by atoms with van der Waals surface area (Å²) < 4.78 is 33.1. The molecule has 2 aromatic carbocycles. The fourth-order valence-electron chi connectivity index (χ4n) is 3.33. The van der Waals surface area contributed by atoms with Gasteiger partial charge >= 0.3 is 0 Å². The van der Waals surface area contributed by atoms with Gasteiger partial charge < -0.3 is 14.9 Å². The molecular weight excluding hydrogens is 368 g/mol. The summed E-state index contributed by atoms with van der Waals surface area (Å²) in [4.78, 5) is -0.0106. The summed E-state index contributed by atoms with van der Waals surface area (Å²) in [6, 6.07) is 13.6. The maximum Gasteiger partial charge on any atom is 0.240 e. The van der Waals surface area contributed by atoms with Gasteiger partial charge in [0.15, 0.2) is 0 Å². The minimum atomic E-state index is -3.93. The van der Waals surface area contributed by atoms with Gasteiger partial charge in [-0.25, -0.2) is 13.1 Å². The summed E-state index contributed by atoms with van der Waals surface area (Å²) in [5, 5.41) is 29.3. The van der Waals surface area contributed by atoms with Gasteiger partial charge in [-0.15, -0.1) is 0 Å². The molecule has 4 unspecified atom stereocenters. The van der Waals surface area contributed by atoms with E-state index in [1.165, 1.54) is 24.3 Å². The molecule has 0 saturated heterocycles. The van der Waals surface area contributed by atoms with Crippen LogP contribution in [0.25, 0.3) is 0 Å². The fraction of sp³-hybridized carbons (Fsp3) is 0.316. The van der Waals surface area contributed by atoms with E-state index in [0.29, 0.717) is 11.3 Å². The van der Waals surface area contributed by atoms with Crippen molar-refractivity contribution < 1.29 is 23.4 Å². The lowest BCUT2D eigenvalue weighted by Gasteiger charge is -2.24. The highest BCUT2D eigenvalue weighted by molar-refractivity contribution is 7.89. The van der Waals surface area contributed by atoms with Crippen molar-refractivity contribution in [2.75, 3.05) is 7.11 Å². The maximum absolute atomic E-state index is 12.7. The summed E-state index contributed by atoms with van der Waals surface area (Å²) in [7, 11) is -2.39. The average Bonchev–Trinajstić information content (AvgIpc) is 2.96. The highest BCUT2D eigenvalue weighted by Crippen LogP contribution is 2.36. The molecule has 1 aliphatic rings. The van der Waals surface area contributed by atoms with Crippen LogP contribution < -0.4 is 9.46 Å². The van der Waals surface area contributed by atoms with Crippen LogP contribution in [0, 0.1) is 11.3 Å². The van der Waals surface area contributed by atoms with Gasteiger partial charge in [-0.1, -0.05) is 12.1 Å². The Hall–Kier alpha value is -2.44. The molecule has 3 rings (SSSR count). The quantitative estimate of drug-likeness (QED) is 0.706. The number of nitrogens with one attached hydrogen (secondary N) is 1. The number of sulfonamides is 1. The third-order valence-electron chi connectivity index (χ3n) is 4.82. The molecule has 0 heterocycles. The van der Waals surface area contributed by atoms with Crippen molar-refractivity contribution >= 4 is 10.0 Å². The average molecular weight is 388 g/mol. The first-order valence-corrected chi connectivity index (χ1v) is 9.86. The Morgan fingerprint density at radius 3 is 2.30 bits per heavy atom. The lowest BCUT2D eigenvalue weighted by molar-refractivity contribution is 0.0338. The number of rotatable bonds is 5. The highest BCUT2D eigenvalue weighted by Gasteiger charge is 2.44. The summed E-state index contributed by atoms with van der Waals surface area (Å²) in [5.74, 6) is 0.265. The van der Waals surface area contributed by atoms with Gasteiger partial charge in [0.1, 0.15) is 5.75 Å². The molecule has 1 aliphatic carbocycles. The van der Waals surface area contributed by atoms with Crippen molar-refractivity contribution in [1.82, 2.24) is 4.72 Å². The van der Waals surface area contributed by atoms with Crippen LogP contribution in [0.1, 0.15) is 23.5 Å². The Bertz CT molecular complexity index is 936. The molecule has 142 valence electrons. The minimum Gasteiger partial charge on any atom is -0.497 e. The van der Waals surface area contributed by atoms with Gasteiger partial charge in [-0.05, 0) is 48.4 Å². The van der Waals surface area contributed by atoms with Crippen LogP contribution in [-0.2, 0) is 10.0 Å². The Balaban J connectivity index is 1.87. The molecule has 0 aliphatic heterocycles. The van der Waals surface area contributed by atoms with E-state index in [2.05, 4.69) is 4.72 Å². The van der Waals surface area contributed by atoms with Crippen LogP contribution >= 0.6 is 0 Å². The van der Waals surface area contributed by atoms with E-state index < -0.39 is 34.2 Å². The second-order valence-electron chi connectivity index (χ2n) is 6.46. The van der Waals surface area contributed by atoms with E-state index in [0.717, 1.165) is 5.56 Å². The number of hydrogen-bond acceptors (Lipinski definition) is 6. The van der Waals surface area contributed by atoms with Gasteiger partial charge in [0.05, 0.1) is 41.9 Å². The Kier molecular flexibility index (Phi) is 5.48. The molecule has 7 nitrogen and oxygen atoms in total. The summed E-state index contributed by atoms with van der Waals surface area (Å²) in [6.07, 6.45) is -2.04. The first-order chi connectivity index (χ1) is 12.9. The fourth-order valence-corrected chi connectivity index (χ4v) is 4.62. The monoisotopic (exact) mass is 388 g/mol. The van der Waals surface area contributed by atoms with Crippen molar-refractivity contribution in [3.8, 4) is 11.8 Å². The molecule has 27 heavy (non-hydrogen) atoms. The molecule has 4 atom stereocenters. The zero-order valence-corrected chi connectivity index (χ0v) is 15.4. The molecule has 1 saturated carbocycles. The molecule has 1 fully saturated rings. The number of ether oxygens (including phenoxy) is 1. The second-order valence-corrected chi connectivity index (χ2v) is 8.17. The lowest BCUT2D eigenvalue weighted by atomic mass is 9.94. The van der Waals surface area contributed by atoms with Crippen LogP contribution in [-0.4, -0.2) is 44.0 Å². The zero-order chi connectivity index (χ0) is 19.6. The molecule has 8 heteroatoms. The SMILES string of the molecule is COc1ccc(C2CC(O)C(O)C2NS(=O)(=O)c2ccc(C#N)cc2)cc1. The van der Waals surface area contributed by atoms with Crippen LogP contribution in [0.3, 0.4) is 0 Å². The number of hydrogen-bond donors (Lipinski definition) is 3. The standard InChI is InChI=1S/C19H20N2O5S/c1-26-14-6-4-13(5-7-14)16-10-17(22)19(23)18(16)21-27(24,25)15-8-2-12(11-20)3-9-15/h2-9,16-19,21-23H,10H2,1H3. The van der Waals surface area contributed by atoms with Crippen molar-refractivity contribution in [3.05, 3.63) is 59.7 Å². The third-order valence-corrected chi connectivity index (χ3v) is 6.30. The minimum absolute atomic E-state index is 0.0106. The van der Waals surface area contributed by atoms with Gasteiger partial charge in [0.25, 0.3) is 0 Å². The van der Waals surface area contributed by atoms with Crippen LogP contribution in [0.2, 0.25) is 0 Å².